The van der Waals surface area contributed by atoms with Gasteiger partial charge in [0.15, 0.2) is 5.82 Å². The number of aromatic carboxylic acids is 1. The van der Waals surface area contributed by atoms with Crippen LogP contribution in [0, 0.1) is 0 Å². The van der Waals surface area contributed by atoms with Crippen LogP contribution in [-0.4, -0.2) is 25.8 Å². The molecule has 3 aromatic rings. The molecule has 0 atom stereocenters. The van der Waals surface area contributed by atoms with Crippen molar-refractivity contribution in [2.75, 3.05) is 0 Å². The van der Waals surface area contributed by atoms with Gasteiger partial charge in [0, 0.05) is 5.56 Å². The van der Waals surface area contributed by atoms with Gasteiger partial charge in [-0.3, -0.25) is 0 Å². The fourth-order valence-electron chi connectivity index (χ4n) is 1.89. The van der Waals surface area contributed by atoms with Gasteiger partial charge in [-0.1, -0.05) is 36.4 Å². The summed E-state index contributed by atoms with van der Waals surface area (Å²) in [4.78, 5) is 15.2. The van der Waals surface area contributed by atoms with Gasteiger partial charge in [-0.2, -0.15) is 0 Å². The highest BCUT2D eigenvalue weighted by atomic mass is 16.4. The molecule has 5 nitrogen and oxygen atoms in total. The highest BCUT2D eigenvalue weighted by Crippen LogP contribution is 2.15. The van der Waals surface area contributed by atoms with Crippen LogP contribution >= 0.6 is 0 Å². The fourth-order valence-corrected chi connectivity index (χ4v) is 1.89. The lowest BCUT2D eigenvalue weighted by molar-refractivity contribution is 0.0697. The first-order chi connectivity index (χ1) is 9.74. The van der Waals surface area contributed by atoms with E-state index < -0.39 is 5.97 Å². The zero-order valence-corrected chi connectivity index (χ0v) is 10.5. The van der Waals surface area contributed by atoms with Gasteiger partial charge in [0.1, 0.15) is 6.33 Å². The summed E-state index contributed by atoms with van der Waals surface area (Å²) in [5.41, 5.74) is 1.81. The molecule has 1 aromatic heterocycles. The lowest BCUT2D eigenvalue weighted by atomic mass is 10.2. The summed E-state index contributed by atoms with van der Waals surface area (Å²) in [7, 11) is 0. The second kappa shape index (κ2) is 4.97. The van der Waals surface area contributed by atoms with E-state index >= 15 is 0 Å². The number of aromatic nitrogens is 3. The average molecular weight is 265 g/mol. The van der Waals surface area contributed by atoms with Crippen LogP contribution in [0.5, 0.6) is 0 Å². The molecular weight excluding hydrogens is 254 g/mol. The second-order valence-electron chi connectivity index (χ2n) is 4.23. The third-order valence-electron chi connectivity index (χ3n) is 2.88. The van der Waals surface area contributed by atoms with Crippen LogP contribution in [0.2, 0.25) is 0 Å². The highest BCUT2D eigenvalue weighted by Gasteiger charge is 2.07. The minimum Gasteiger partial charge on any atom is -0.478 e. The van der Waals surface area contributed by atoms with Gasteiger partial charge in [0.25, 0.3) is 0 Å². The predicted octanol–water partition coefficient (Wildman–Crippen LogP) is 2.63. The number of carboxylic acid groups (broad SMARTS) is 1. The van der Waals surface area contributed by atoms with Gasteiger partial charge in [0.2, 0.25) is 0 Å². The Morgan fingerprint density at radius 2 is 1.85 bits per heavy atom. The topological polar surface area (TPSA) is 68.0 Å². The van der Waals surface area contributed by atoms with Crippen molar-refractivity contribution in [2.24, 2.45) is 0 Å². The van der Waals surface area contributed by atoms with Crippen molar-refractivity contribution in [3.8, 4) is 17.1 Å². The number of nitrogens with zero attached hydrogens (tertiary/aromatic N) is 3. The van der Waals surface area contributed by atoms with Crippen LogP contribution in [-0.2, 0) is 0 Å². The molecule has 98 valence electrons. The van der Waals surface area contributed by atoms with Gasteiger partial charge >= 0.3 is 5.97 Å². The Balaban J connectivity index is 1.98. The van der Waals surface area contributed by atoms with E-state index in [1.54, 1.807) is 35.3 Å². The Bertz CT molecular complexity index is 751. The van der Waals surface area contributed by atoms with Crippen molar-refractivity contribution in [2.45, 2.75) is 0 Å². The first kappa shape index (κ1) is 12.1. The van der Waals surface area contributed by atoms with E-state index in [-0.39, 0.29) is 5.56 Å². The summed E-state index contributed by atoms with van der Waals surface area (Å²) in [6, 6.07) is 16.2. The van der Waals surface area contributed by atoms with Crippen LogP contribution in [0.15, 0.2) is 60.9 Å². The molecule has 0 radical (unpaired) electrons. The number of rotatable bonds is 3. The maximum absolute atomic E-state index is 11.0. The zero-order chi connectivity index (χ0) is 13.9. The van der Waals surface area contributed by atoms with Crippen LogP contribution < -0.4 is 0 Å². The molecule has 0 amide bonds. The molecule has 0 aliphatic heterocycles. The summed E-state index contributed by atoms with van der Waals surface area (Å²) in [6.45, 7) is 0. The van der Waals surface area contributed by atoms with Crippen molar-refractivity contribution in [1.29, 1.82) is 0 Å². The minimum absolute atomic E-state index is 0.222. The van der Waals surface area contributed by atoms with Crippen LogP contribution in [0.4, 0.5) is 0 Å². The van der Waals surface area contributed by atoms with Crippen LogP contribution in [0.25, 0.3) is 17.1 Å². The lowest BCUT2D eigenvalue weighted by Crippen LogP contribution is -2.00. The van der Waals surface area contributed by atoms with E-state index in [0.29, 0.717) is 11.5 Å². The van der Waals surface area contributed by atoms with Crippen LogP contribution in [0.3, 0.4) is 0 Å². The monoisotopic (exact) mass is 265 g/mol. The third kappa shape index (κ3) is 2.29. The van der Waals surface area contributed by atoms with E-state index in [4.69, 9.17) is 5.11 Å². The summed E-state index contributed by atoms with van der Waals surface area (Å²) in [5, 5.41) is 13.4. The Kier molecular flexibility index (Phi) is 3.01. The quantitative estimate of drug-likeness (QED) is 0.790. The van der Waals surface area contributed by atoms with Crippen molar-refractivity contribution in [3.63, 3.8) is 0 Å². The van der Waals surface area contributed by atoms with Gasteiger partial charge in [-0.15, -0.1) is 5.10 Å². The Labute approximate surface area is 115 Å². The van der Waals surface area contributed by atoms with Gasteiger partial charge in [-0.25, -0.2) is 14.5 Å². The summed E-state index contributed by atoms with van der Waals surface area (Å²) in [5.74, 6) is -0.360. The second-order valence-corrected chi connectivity index (χ2v) is 4.23. The van der Waals surface area contributed by atoms with Crippen molar-refractivity contribution >= 4 is 5.97 Å². The van der Waals surface area contributed by atoms with Gasteiger partial charge in [0.05, 0.1) is 11.3 Å². The van der Waals surface area contributed by atoms with Crippen molar-refractivity contribution in [1.82, 2.24) is 14.8 Å². The molecule has 0 saturated carbocycles. The molecule has 5 heteroatoms. The van der Waals surface area contributed by atoms with E-state index in [1.807, 2.05) is 30.3 Å². The van der Waals surface area contributed by atoms with Crippen LogP contribution in [0.1, 0.15) is 10.4 Å². The molecule has 20 heavy (non-hydrogen) atoms. The smallest absolute Gasteiger partial charge is 0.335 e. The average Bonchev–Trinajstić information content (AvgIpc) is 2.98. The molecular formula is C15H11N3O2. The SMILES string of the molecule is O=C(O)c1cccc(-n2cnc(-c3ccccc3)n2)c1. The fraction of sp³-hybridized carbons (Fsp3) is 0. The summed E-state index contributed by atoms with van der Waals surface area (Å²) in [6.07, 6.45) is 1.57. The number of carbonyl (C=O) groups is 1. The zero-order valence-electron chi connectivity index (χ0n) is 10.5. The molecule has 0 bridgehead atoms. The Hall–Kier alpha value is -2.95. The molecule has 2 aromatic carbocycles. The maximum Gasteiger partial charge on any atom is 0.335 e. The summed E-state index contributed by atoms with van der Waals surface area (Å²) >= 11 is 0. The molecule has 0 aliphatic carbocycles. The molecule has 0 fully saturated rings. The Morgan fingerprint density at radius 1 is 1.05 bits per heavy atom. The molecule has 0 spiro atoms. The highest BCUT2D eigenvalue weighted by molar-refractivity contribution is 5.88. The molecule has 3 rings (SSSR count). The van der Waals surface area contributed by atoms with E-state index in [2.05, 4.69) is 10.1 Å². The molecule has 1 heterocycles. The van der Waals surface area contributed by atoms with Crippen molar-refractivity contribution < 1.29 is 9.90 Å². The molecule has 0 unspecified atom stereocenters. The summed E-state index contributed by atoms with van der Waals surface area (Å²) < 4.78 is 1.56. The van der Waals surface area contributed by atoms with Gasteiger partial charge < -0.3 is 5.11 Å². The van der Waals surface area contributed by atoms with Gasteiger partial charge in [-0.05, 0) is 18.2 Å². The van der Waals surface area contributed by atoms with E-state index in [0.717, 1.165) is 5.56 Å². The first-order valence-electron chi connectivity index (χ1n) is 6.05. The number of hydrogen-bond acceptors (Lipinski definition) is 3. The molecule has 0 saturated heterocycles. The predicted molar refractivity (Wildman–Crippen MR) is 73.8 cm³/mol. The van der Waals surface area contributed by atoms with E-state index in [9.17, 15) is 4.79 Å². The molecule has 1 N–H and O–H groups in total. The maximum atomic E-state index is 11.0. The largest absolute Gasteiger partial charge is 0.478 e. The number of hydrogen-bond donors (Lipinski definition) is 1. The standard InChI is InChI=1S/C15H11N3O2/c19-15(20)12-7-4-8-13(9-12)18-10-16-14(17-18)11-5-2-1-3-6-11/h1-10H,(H,19,20). The van der Waals surface area contributed by atoms with E-state index in [1.165, 1.54) is 0 Å². The minimum atomic E-state index is -0.963. The first-order valence-corrected chi connectivity index (χ1v) is 6.05. The molecule has 0 aliphatic rings. The third-order valence-corrected chi connectivity index (χ3v) is 2.88. The normalized spacial score (nSPS) is 10.4. The Morgan fingerprint density at radius 3 is 2.60 bits per heavy atom. The van der Waals surface area contributed by atoms with Crippen molar-refractivity contribution in [3.05, 3.63) is 66.5 Å². The number of benzene rings is 2. The lowest BCUT2D eigenvalue weighted by Gasteiger charge is -2.01. The number of carboxylic acids is 1.